The smallest absolute Gasteiger partial charge is 0.00137 e. The van der Waals surface area contributed by atoms with Gasteiger partial charge in [-0.15, -0.1) is 0 Å². The lowest BCUT2D eigenvalue weighted by molar-refractivity contribution is 1.38. The fourth-order valence-electron chi connectivity index (χ4n) is 7.31. The summed E-state index contributed by atoms with van der Waals surface area (Å²) in [5, 5.41) is 13.2. The molecule has 0 amide bonds. The number of hydrogen-bond acceptors (Lipinski definition) is 0. The van der Waals surface area contributed by atoms with Crippen LogP contribution < -0.4 is 0 Å². The van der Waals surface area contributed by atoms with E-state index in [0.29, 0.717) is 0 Å². The molecule has 0 heteroatoms. The number of aryl methyl sites for hydroxylation is 4. The molecule has 0 saturated carbocycles. The van der Waals surface area contributed by atoms with Crippen molar-refractivity contribution in [1.29, 1.82) is 0 Å². The first-order valence-electron chi connectivity index (χ1n) is 14.8. The van der Waals surface area contributed by atoms with Gasteiger partial charge in [0.05, 0.1) is 0 Å². The third-order valence-corrected chi connectivity index (χ3v) is 8.91. The fourth-order valence-corrected chi connectivity index (χ4v) is 7.31. The largest absolute Gasteiger partial charge is 0.0616 e. The molecule has 42 heavy (non-hydrogen) atoms. The van der Waals surface area contributed by atoms with Gasteiger partial charge < -0.3 is 0 Å². The molecule has 0 aliphatic carbocycles. The summed E-state index contributed by atoms with van der Waals surface area (Å²) in [4.78, 5) is 0. The van der Waals surface area contributed by atoms with Crippen molar-refractivity contribution in [1.82, 2.24) is 0 Å². The van der Waals surface area contributed by atoms with Gasteiger partial charge in [0.1, 0.15) is 0 Å². The van der Waals surface area contributed by atoms with Crippen LogP contribution in [0.1, 0.15) is 22.3 Å². The van der Waals surface area contributed by atoms with Gasteiger partial charge in [-0.05, 0) is 116 Å². The second kappa shape index (κ2) is 9.29. The van der Waals surface area contributed by atoms with Crippen molar-refractivity contribution in [3.05, 3.63) is 144 Å². The van der Waals surface area contributed by atoms with Crippen LogP contribution in [0.3, 0.4) is 0 Å². The molecule has 0 atom stereocenters. The topological polar surface area (TPSA) is 0 Å². The van der Waals surface area contributed by atoms with Crippen molar-refractivity contribution < 1.29 is 0 Å². The first-order chi connectivity index (χ1) is 20.4. The van der Waals surface area contributed by atoms with Gasteiger partial charge in [0.15, 0.2) is 0 Å². The predicted molar refractivity (Wildman–Crippen MR) is 184 cm³/mol. The van der Waals surface area contributed by atoms with E-state index in [0.717, 1.165) is 0 Å². The molecule has 8 rings (SSSR count). The Bertz CT molecular complexity index is 2180. The van der Waals surface area contributed by atoms with Crippen LogP contribution in [-0.4, -0.2) is 0 Å². The first-order valence-corrected chi connectivity index (χ1v) is 14.8. The van der Waals surface area contributed by atoms with Crippen LogP contribution in [0, 0.1) is 27.7 Å². The molecule has 8 aromatic rings. The maximum Gasteiger partial charge on any atom is -0.00137 e. The third-order valence-electron chi connectivity index (χ3n) is 8.91. The highest BCUT2D eigenvalue weighted by Gasteiger charge is 2.17. The Hall–Kier alpha value is -4.94. The molecule has 0 nitrogen and oxygen atoms in total. The number of benzene rings is 8. The molecule has 0 fully saturated rings. The minimum Gasteiger partial charge on any atom is -0.0616 e. The molecular formula is C42H32. The monoisotopic (exact) mass is 536 g/mol. The lowest BCUT2D eigenvalue weighted by Crippen LogP contribution is -1.90. The average molecular weight is 537 g/mol. The van der Waals surface area contributed by atoms with Crippen LogP contribution in [-0.2, 0) is 0 Å². The molecule has 0 spiro atoms. The van der Waals surface area contributed by atoms with Crippen molar-refractivity contribution in [2.24, 2.45) is 0 Å². The normalized spacial score (nSPS) is 11.8. The average Bonchev–Trinajstić information content (AvgIpc) is 2.99. The zero-order valence-corrected chi connectivity index (χ0v) is 24.5. The van der Waals surface area contributed by atoms with E-state index in [9.17, 15) is 0 Å². The molecule has 0 radical (unpaired) electrons. The van der Waals surface area contributed by atoms with E-state index < -0.39 is 0 Å². The standard InChI is InChI=1S/C42H32/c1-25-17-26(2)20-31(19-25)29-13-15-35-36-16-14-30(32-21-27(3)18-28(4)22-32)24-40(36)42-38-12-8-6-10-34(38)33-9-5-7-11-37(33)41(42)39(35)23-29/h5-24H,1-4H3. The van der Waals surface area contributed by atoms with Gasteiger partial charge in [-0.1, -0.05) is 131 Å². The summed E-state index contributed by atoms with van der Waals surface area (Å²) in [6, 6.07) is 45.8. The summed E-state index contributed by atoms with van der Waals surface area (Å²) in [5.41, 5.74) is 10.3. The molecule has 8 aromatic carbocycles. The van der Waals surface area contributed by atoms with Gasteiger partial charge in [-0.2, -0.15) is 0 Å². The van der Waals surface area contributed by atoms with E-state index in [2.05, 4.69) is 149 Å². The number of hydrogen-bond donors (Lipinski definition) is 0. The Kier molecular flexibility index (Phi) is 5.49. The summed E-state index contributed by atoms with van der Waals surface area (Å²) in [5.74, 6) is 0. The highest BCUT2D eigenvalue weighted by molar-refractivity contribution is 6.39. The van der Waals surface area contributed by atoms with Gasteiger partial charge in [0.25, 0.3) is 0 Å². The molecule has 0 unspecified atom stereocenters. The highest BCUT2D eigenvalue weighted by Crippen LogP contribution is 2.45. The number of rotatable bonds is 2. The molecular weight excluding hydrogens is 504 g/mol. The van der Waals surface area contributed by atoms with Crippen LogP contribution >= 0.6 is 0 Å². The van der Waals surface area contributed by atoms with E-state index in [-0.39, 0.29) is 0 Å². The lowest BCUT2D eigenvalue weighted by atomic mass is 9.85. The zero-order chi connectivity index (χ0) is 28.5. The van der Waals surface area contributed by atoms with Gasteiger partial charge in [-0.25, -0.2) is 0 Å². The summed E-state index contributed by atoms with van der Waals surface area (Å²) >= 11 is 0. The minimum atomic E-state index is 1.26. The maximum absolute atomic E-state index is 2.43. The number of fused-ring (bicyclic) bond motifs is 11. The Morgan fingerprint density at radius 2 is 0.595 bits per heavy atom. The van der Waals surface area contributed by atoms with Crippen LogP contribution in [0.25, 0.3) is 76.1 Å². The first kappa shape index (κ1) is 24.8. The minimum absolute atomic E-state index is 1.26. The van der Waals surface area contributed by atoms with Crippen LogP contribution in [0.2, 0.25) is 0 Å². The van der Waals surface area contributed by atoms with Crippen molar-refractivity contribution in [3.63, 3.8) is 0 Å². The van der Waals surface area contributed by atoms with Gasteiger partial charge >= 0.3 is 0 Å². The quantitative estimate of drug-likeness (QED) is 0.193. The molecule has 0 heterocycles. The molecule has 0 aromatic heterocycles. The van der Waals surface area contributed by atoms with Gasteiger partial charge in [0, 0.05) is 0 Å². The van der Waals surface area contributed by atoms with Crippen molar-refractivity contribution in [2.45, 2.75) is 27.7 Å². The van der Waals surface area contributed by atoms with Gasteiger partial charge in [-0.3, -0.25) is 0 Å². The second-order valence-electron chi connectivity index (χ2n) is 12.1. The third kappa shape index (κ3) is 3.83. The summed E-state index contributed by atoms with van der Waals surface area (Å²) < 4.78 is 0. The van der Waals surface area contributed by atoms with Crippen LogP contribution in [0.15, 0.2) is 121 Å². The Balaban J connectivity index is 1.59. The highest BCUT2D eigenvalue weighted by atomic mass is 14.2. The zero-order valence-electron chi connectivity index (χ0n) is 24.5. The lowest BCUT2D eigenvalue weighted by Gasteiger charge is -2.18. The van der Waals surface area contributed by atoms with Crippen LogP contribution in [0.4, 0.5) is 0 Å². The fraction of sp³-hybridized carbons (Fsp3) is 0.0952. The Morgan fingerprint density at radius 1 is 0.262 bits per heavy atom. The summed E-state index contributed by atoms with van der Waals surface area (Å²) in [6.45, 7) is 8.75. The summed E-state index contributed by atoms with van der Waals surface area (Å²) in [7, 11) is 0. The van der Waals surface area contributed by atoms with E-state index in [1.54, 1.807) is 0 Å². The van der Waals surface area contributed by atoms with Crippen molar-refractivity contribution >= 4 is 53.9 Å². The van der Waals surface area contributed by atoms with E-state index in [4.69, 9.17) is 0 Å². The van der Waals surface area contributed by atoms with Crippen molar-refractivity contribution in [2.75, 3.05) is 0 Å². The van der Waals surface area contributed by atoms with E-state index >= 15 is 0 Å². The molecule has 0 aliphatic rings. The molecule has 0 bridgehead atoms. The Morgan fingerprint density at radius 3 is 0.976 bits per heavy atom. The molecule has 0 aliphatic heterocycles. The maximum atomic E-state index is 2.43. The second-order valence-corrected chi connectivity index (χ2v) is 12.1. The SMILES string of the molecule is Cc1cc(C)cc(-c2ccc3c4ccc(-c5cc(C)cc(C)c5)cc4c4c5ccccc5c5ccccc5c4c3c2)c1. The van der Waals surface area contributed by atoms with Crippen molar-refractivity contribution in [3.8, 4) is 22.3 Å². The van der Waals surface area contributed by atoms with Gasteiger partial charge in [0.2, 0.25) is 0 Å². The molecule has 0 N–H and O–H groups in total. The predicted octanol–water partition coefficient (Wildman–Crippen LogP) is 12.0. The van der Waals surface area contributed by atoms with E-state index in [1.165, 1.54) is 98.4 Å². The summed E-state index contributed by atoms with van der Waals surface area (Å²) in [6.07, 6.45) is 0. The van der Waals surface area contributed by atoms with Crippen LogP contribution in [0.5, 0.6) is 0 Å². The Labute approximate surface area is 246 Å². The van der Waals surface area contributed by atoms with E-state index in [1.807, 2.05) is 0 Å². The molecule has 200 valence electrons. The molecule has 0 saturated heterocycles.